The van der Waals surface area contributed by atoms with Crippen molar-refractivity contribution in [1.82, 2.24) is 10.7 Å². The quantitative estimate of drug-likeness (QED) is 0.126. The molecule has 2 aromatic heterocycles. The average Bonchev–Trinajstić information content (AvgIpc) is 3.60. The van der Waals surface area contributed by atoms with Crippen LogP contribution >= 0.6 is 11.3 Å². The number of hydrogen-bond donors (Lipinski definition) is 2. The molecule has 35 heavy (non-hydrogen) atoms. The van der Waals surface area contributed by atoms with Gasteiger partial charge in [0.15, 0.2) is 0 Å². The first-order valence-electron chi connectivity index (χ1n) is 10.4. The van der Waals surface area contributed by atoms with Gasteiger partial charge >= 0.3 is 5.97 Å². The number of hydrazone groups is 1. The molecule has 0 saturated carbocycles. The first-order chi connectivity index (χ1) is 17.1. The topological polar surface area (TPSA) is 110 Å². The maximum absolute atomic E-state index is 12.7. The van der Waals surface area contributed by atoms with Crippen LogP contribution in [-0.2, 0) is 4.79 Å². The summed E-state index contributed by atoms with van der Waals surface area (Å²) in [4.78, 5) is 38.0. The summed E-state index contributed by atoms with van der Waals surface area (Å²) in [5.74, 6) is -1.16. The second-order valence-corrected chi connectivity index (χ2v) is 8.01. The number of furan rings is 1. The largest absolute Gasteiger partial charge is 0.457 e. The van der Waals surface area contributed by atoms with Crippen LogP contribution < -0.4 is 15.5 Å². The van der Waals surface area contributed by atoms with E-state index in [1.807, 2.05) is 17.5 Å². The summed E-state index contributed by atoms with van der Waals surface area (Å²) in [6.45, 7) is 0. The average molecular weight is 486 g/mol. The number of rotatable bonds is 8. The molecule has 2 aromatic carbocycles. The number of nitrogens with zero attached hydrogens (tertiary/aromatic N) is 1. The van der Waals surface area contributed by atoms with Crippen LogP contribution in [0.5, 0.6) is 5.75 Å². The van der Waals surface area contributed by atoms with E-state index >= 15 is 0 Å². The molecule has 0 aliphatic heterocycles. The Labute approximate surface area is 204 Å². The van der Waals surface area contributed by atoms with Crippen LogP contribution in [0.3, 0.4) is 0 Å². The Kier molecular flexibility index (Phi) is 7.62. The van der Waals surface area contributed by atoms with Gasteiger partial charge in [-0.15, -0.1) is 11.3 Å². The molecule has 2 amide bonds. The van der Waals surface area contributed by atoms with E-state index in [2.05, 4.69) is 15.8 Å². The number of hydrogen-bond acceptors (Lipinski definition) is 7. The van der Waals surface area contributed by atoms with Crippen molar-refractivity contribution >= 4 is 41.4 Å². The lowest BCUT2D eigenvalue weighted by Crippen LogP contribution is -2.32. The van der Waals surface area contributed by atoms with Gasteiger partial charge in [-0.1, -0.05) is 24.3 Å². The third kappa shape index (κ3) is 6.62. The van der Waals surface area contributed by atoms with Gasteiger partial charge in [0.2, 0.25) is 5.76 Å². The van der Waals surface area contributed by atoms with E-state index in [9.17, 15) is 14.4 Å². The minimum absolute atomic E-state index is 0.0543. The summed E-state index contributed by atoms with van der Waals surface area (Å²) in [5, 5.41) is 8.48. The van der Waals surface area contributed by atoms with Crippen LogP contribution in [0, 0.1) is 0 Å². The van der Waals surface area contributed by atoms with Gasteiger partial charge in [-0.3, -0.25) is 9.59 Å². The molecule has 0 radical (unpaired) electrons. The molecule has 0 aliphatic carbocycles. The molecule has 4 aromatic rings. The molecule has 0 atom stereocenters. The molecule has 8 nitrogen and oxygen atoms in total. The molecule has 4 rings (SSSR count). The zero-order valence-corrected chi connectivity index (χ0v) is 19.0. The van der Waals surface area contributed by atoms with Crippen molar-refractivity contribution in [3.63, 3.8) is 0 Å². The SMILES string of the molecule is O=C(N/N=C/c1ccc(OC(=O)c2ccco2)cc1)/C(=C\c1cccs1)NC(=O)c1ccccc1. The van der Waals surface area contributed by atoms with Crippen LogP contribution in [0.2, 0.25) is 0 Å². The second kappa shape index (κ2) is 11.4. The third-order valence-electron chi connectivity index (χ3n) is 4.55. The van der Waals surface area contributed by atoms with Gasteiger partial charge in [0.25, 0.3) is 11.8 Å². The predicted octanol–water partition coefficient (Wildman–Crippen LogP) is 4.48. The van der Waals surface area contributed by atoms with Crippen LogP contribution in [0.1, 0.15) is 31.4 Å². The van der Waals surface area contributed by atoms with Crippen molar-refractivity contribution in [3.05, 3.63) is 118 Å². The van der Waals surface area contributed by atoms with Crippen molar-refractivity contribution in [1.29, 1.82) is 0 Å². The van der Waals surface area contributed by atoms with Crippen molar-refractivity contribution in [2.24, 2.45) is 5.10 Å². The maximum atomic E-state index is 12.7. The van der Waals surface area contributed by atoms with Gasteiger partial charge in [-0.05, 0) is 71.6 Å². The Morgan fingerprint density at radius 1 is 0.914 bits per heavy atom. The summed E-state index contributed by atoms with van der Waals surface area (Å²) in [5.41, 5.74) is 3.55. The van der Waals surface area contributed by atoms with Crippen molar-refractivity contribution in [3.8, 4) is 5.75 Å². The van der Waals surface area contributed by atoms with Crippen LogP contribution in [-0.4, -0.2) is 24.0 Å². The van der Waals surface area contributed by atoms with E-state index in [-0.39, 0.29) is 11.5 Å². The highest BCUT2D eigenvalue weighted by Gasteiger charge is 2.15. The fraction of sp³-hybridized carbons (Fsp3) is 0. The number of carbonyl (C=O) groups excluding carboxylic acids is 3. The lowest BCUT2D eigenvalue weighted by atomic mass is 10.2. The number of nitrogens with one attached hydrogen (secondary N) is 2. The molecule has 2 N–H and O–H groups in total. The lowest BCUT2D eigenvalue weighted by Gasteiger charge is -2.08. The van der Waals surface area contributed by atoms with E-state index in [1.165, 1.54) is 29.9 Å². The Morgan fingerprint density at radius 2 is 1.71 bits per heavy atom. The van der Waals surface area contributed by atoms with Gasteiger partial charge in [0, 0.05) is 10.4 Å². The smallest absolute Gasteiger partial charge is 0.379 e. The molecule has 0 unspecified atom stereocenters. The number of esters is 1. The van der Waals surface area contributed by atoms with Crippen LogP contribution in [0.25, 0.3) is 6.08 Å². The second-order valence-electron chi connectivity index (χ2n) is 7.03. The number of thiophene rings is 1. The first-order valence-corrected chi connectivity index (χ1v) is 11.3. The Bertz CT molecular complexity index is 1340. The first kappa shape index (κ1) is 23.4. The minimum atomic E-state index is -0.605. The van der Waals surface area contributed by atoms with Gasteiger partial charge < -0.3 is 14.5 Å². The van der Waals surface area contributed by atoms with Gasteiger partial charge in [-0.25, -0.2) is 10.2 Å². The molecule has 0 fully saturated rings. The van der Waals surface area contributed by atoms with Crippen LogP contribution in [0.4, 0.5) is 0 Å². The number of carbonyl (C=O) groups is 3. The van der Waals surface area contributed by atoms with E-state index in [1.54, 1.807) is 66.7 Å². The zero-order chi connectivity index (χ0) is 24.5. The van der Waals surface area contributed by atoms with Crippen molar-refractivity contribution in [2.75, 3.05) is 0 Å². The standard InChI is InChI=1S/C26H19N3O5S/c30-24(19-6-2-1-3-7-19)28-22(16-21-8-5-15-35-21)25(31)29-27-17-18-10-12-20(13-11-18)34-26(32)23-9-4-14-33-23/h1-17H,(H,28,30)(H,29,31)/b22-16+,27-17+. The number of amides is 2. The highest BCUT2D eigenvalue weighted by atomic mass is 32.1. The zero-order valence-electron chi connectivity index (χ0n) is 18.2. The molecule has 0 spiro atoms. The van der Waals surface area contributed by atoms with Gasteiger partial charge in [0.1, 0.15) is 11.4 Å². The summed E-state index contributed by atoms with van der Waals surface area (Å²) >= 11 is 1.43. The Morgan fingerprint density at radius 3 is 2.40 bits per heavy atom. The number of benzene rings is 2. The highest BCUT2D eigenvalue weighted by molar-refractivity contribution is 7.10. The molecule has 0 bridgehead atoms. The van der Waals surface area contributed by atoms with Crippen molar-refractivity contribution < 1.29 is 23.5 Å². The third-order valence-corrected chi connectivity index (χ3v) is 5.37. The fourth-order valence-electron chi connectivity index (χ4n) is 2.86. The Balaban J connectivity index is 1.39. The molecular weight excluding hydrogens is 466 g/mol. The molecule has 2 heterocycles. The van der Waals surface area contributed by atoms with Crippen LogP contribution in [0.15, 0.2) is 106 Å². The monoisotopic (exact) mass is 485 g/mol. The Hall–Kier alpha value is -4.76. The molecular formula is C26H19N3O5S. The maximum Gasteiger partial charge on any atom is 0.379 e. The lowest BCUT2D eigenvalue weighted by molar-refractivity contribution is -0.117. The van der Waals surface area contributed by atoms with Gasteiger partial charge in [-0.2, -0.15) is 5.10 Å². The summed E-state index contributed by atoms with van der Waals surface area (Å²) in [6, 6.07) is 21.9. The minimum Gasteiger partial charge on any atom is -0.457 e. The van der Waals surface area contributed by atoms with Crippen molar-refractivity contribution in [2.45, 2.75) is 0 Å². The van der Waals surface area contributed by atoms with E-state index < -0.39 is 17.8 Å². The van der Waals surface area contributed by atoms with E-state index in [0.717, 1.165) is 4.88 Å². The normalized spacial score (nSPS) is 11.3. The molecule has 174 valence electrons. The summed E-state index contributed by atoms with van der Waals surface area (Å²) in [7, 11) is 0. The summed E-state index contributed by atoms with van der Waals surface area (Å²) < 4.78 is 10.2. The molecule has 0 saturated heterocycles. The molecule has 0 aliphatic rings. The number of ether oxygens (including phenoxy) is 1. The highest BCUT2D eigenvalue weighted by Crippen LogP contribution is 2.15. The van der Waals surface area contributed by atoms with E-state index in [4.69, 9.17) is 9.15 Å². The molecule has 9 heteroatoms. The predicted molar refractivity (Wildman–Crippen MR) is 132 cm³/mol. The van der Waals surface area contributed by atoms with Gasteiger partial charge in [0.05, 0.1) is 12.5 Å². The fourth-order valence-corrected chi connectivity index (χ4v) is 3.51. The summed E-state index contributed by atoms with van der Waals surface area (Å²) in [6.07, 6.45) is 4.40. The van der Waals surface area contributed by atoms with E-state index in [0.29, 0.717) is 16.9 Å².